The largest absolute Gasteiger partial charge is 0.435 e. The van der Waals surface area contributed by atoms with Crippen molar-refractivity contribution in [1.29, 1.82) is 0 Å². The van der Waals surface area contributed by atoms with Gasteiger partial charge < -0.3 is 5.73 Å². The van der Waals surface area contributed by atoms with Crippen LogP contribution in [0.4, 0.5) is 26.3 Å². The SMILES string of the molecule is CC(=O)c1cn(CC(=O)C[C@@H](Cc2cc(F)cc(F)c2)c2ncccc2-c2ccc(F)c(C(N)=O)c2)nc1C(F)(F)F. The second-order valence-corrected chi connectivity index (χ2v) is 9.56. The predicted octanol–water partition coefficient (Wildman–Crippen LogP) is 5.67. The standard InChI is InChI=1S/C29H22F6N4O3/c1-15(40)24-14-39(38-27(24)29(33,34)35)13-21(41)10-18(7-16-8-19(30)12-20(31)9-16)26-22(3-2-6-37-26)17-4-5-25(32)23(11-17)28(36)42/h2-6,8-9,11-12,14,18H,7,10,13H2,1H3,(H2,36,42)/t18-/m1/s1. The van der Waals surface area contributed by atoms with Crippen LogP contribution in [-0.2, 0) is 23.9 Å². The molecule has 0 radical (unpaired) electrons. The maximum atomic E-state index is 14.2. The fraction of sp³-hybridized carbons (Fsp3) is 0.207. The molecule has 0 bridgehead atoms. The summed E-state index contributed by atoms with van der Waals surface area (Å²) in [7, 11) is 0. The summed E-state index contributed by atoms with van der Waals surface area (Å²) < 4.78 is 83.0. The number of nitrogens with two attached hydrogens (primary N) is 1. The third kappa shape index (κ3) is 6.90. The summed E-state index contributed by atoms with van der Waals surface area (Å²) in [6.07, 6.45) is -3.21. The van der Waals surface area contributed by atoms with Crippen LogP contribution in [0.2, 0.25) is 0 Å². The first-order chi connectivity index (χ1) is 19.7. The van der Waals surface area contributed by atoms with Gasteiger partial charge in [-0.05, 0) is 54.8 Å². The minimum Gasteiger partial charge on any atom is -0.366 e. The lowest BCUT2D eigenvalue weighted by atomic mass is 9.86. The zero-order chi connectivity index (χ0) is 30.8. The zero-order valence-electron chi connectivity index (χ0n) is 21.9. The second-order valence-electron chi connectivity index (χ2n) is 9.56. The van der Waals surface area contributed by atoms with E-state index in [1.807, 2.05) is 0 Å². The molecule has 0 unspecified atom stereocenters. The number of carbonyl (C=O) groups excluding carboxylic acids is 3. The summed E-state index contributed by atoms with van der Waals surface area (Å²) in [6.45, 7) is 0.295. The van der Waals surface area contributed by atoms with E-state index in [0.29, 0.717) is 21.9 Å². The molecule has 2 N–H and O–H groups in total. The van der Waals surface area contributed by atoms with Gasteiger partial charge in [-0.15, -0.1) is 0 Å². The Hall–Kier alpha value is -4.81. The van der Waals surface area contributed by atoms with Crippen LogP contribution in [0.15, 0.2) is 60.9 Å². The van der Waals surface area contributed by atoms with Crippen LogP contribution < -0.4 is 5.73 Å². The molecule has 2 heterocycles. The quantitative estimate of drug-likeness (QED) is 0.190. The molecule has 4 aromatic rings. The van der Waals surface area contributed by atoms with Crippen LogP contribution in [0.1, 0.15) is 56.9 Å². The number of nitrogens with zero attached hydrogens (tertiary/aromatic N) is 3. The Kier molecular flexibility index (Phi) is 8.59. The fourth-order valence-electron chi connectivity index (χ4n) is 4.64. The van der Waals surface area contributed by atoms with Crippen LogP contribution in [0.3, 0.4) is 0 Å². The van der Waals surface area contributed by atoms with Crippen molar-refractivity contribution in [2.24, 2.45) is 5.73 Å². The molecular formula is C29H22F6N4O3. The monoisotopic (exact) mass is 588 g/mol. The lowest BCUT2D eigenvalue weighted by Gasteiger charge is -2.20. The van der Waals surface area contributed by atoms with Crippen molar-refractivity contribution < 1.29 is 40.7 Å². The number of pyridine rings is 1. The van der Waals surface area contributed by atoms with Crippen molar-refractivity contribution in [3.63, 3.8) is 0 Å². The average Bonchev–Trinajstić information content (AvgIpc) is 3.33. The van der Waals surface area contributed by atoms with Crippen molar-refractivity contribution in [1.82, 2.24) is 14.8 Å². The Balaban J connectivity index is 1.74. The molecule has 0 saturated carbocycles. The number of halogens is 6. The first-order valence-corrected chi connectivity index (χ1v) is 12.4. The molecule has 1 amide bonds. The number of aromatic nitrogens is 3. The third-order valence-electron chi connectivity index (χ3n) is 6.39. The van der Waals surface area contributed by atoms with Crippen molar-refractivity contribution in [2.45, 2.75) is 38.4 Å². The third-order valence-corrected chi connectivity index (χ3v) is 6.39. The maximum absolute atomic E-state index is 14.2. The number of primary amides is 1. The van der Waals surface area contributed by atoms with E-state index in [2.05, 4.69) is 10.1 Å². The van der Waals surface area contributed by atoms with Crippen molar-refractivity contribution in [3.05, 3.63) is 106 Å². The Morgan fingerprint density at radius 3 is 2.26 bits per heavy atom. The minimum absolute atomic E-state index is 0.125. The molecule has 7 nitrogen and oxygen atoms in total. The number of carbonyl (C=O) groups is 3. The Morgan fingerprint density at radius 1 is 0.976 bits per heavy atom. The van der Waals surface area contributed by atoms with Crippen molar-refractivity contribution in [2.75, 3.05) is 0 Å². The highest BCUT2D eigenvalue weighted by atomic mass is 19.4. The van der Waals surface area contributed by atoms with Gasteiger partial charge in [-0.1, -0.05) is 12.1 Å². The molecule has 0 aliphatic rings. The van der Waals surface area contributed by atoms with E-state index in [9.17, 15) is 40.7 Å². The molecule has 218 valence electrons. The van der Waals surface area contributed by atoms with Crippen LogP contribution in [0, 0.1) is 17.5 Å². The lowest BCUT2D eigenvalue weighted by molar-refractivity contribution is -0.142. The van der Waals surface area contributed by atoms with Gasteiger partial charge in [-0.3, -0.25) is 24.0 Å². The van der Waals surface area contributed by atoms with Crippen LogP contribution >= 0.6 is 0 Å². The van der Waals surface area contributed by atoms with Crippen LogP contribution in [0.5, 0.6) is 0 Å². The molecule has 42 heavy (non-hydrogen) atoms. The Morgan fingerprint density at radius 2 is 1.67 bits per heavy atom. The van der Waals surface area contributed by atoms with E-state index < -0.39 is 70.4 Å². The van der Waals surface area contributed by atoms with E-state index in [1.54, 1.807) is 12.1 Å². The molecule has 0 spiro atoms. The van der Waals surface area contributed by atoms with Gasteiger partial charge in [-0.25, -0.2) is 13.2 Å². The number of amides is 1. The van der Waals surface area contributed by atoms with E-state index >= 15 is 0 Å². The summed E-state index contributed by atoms with van der Waals surface area (Å²) >= 11 is 0. The summed E-state index contributed by atoms with van der Waals surface area (Å²) in [4.78, 5) is 41.0. The average molecular weight is 589 g/mol. The van der Waals surface area contributed by atoms with E-state index in [0.717, 1.165) is 31.3 Å². The van der Waals surface area contributed by atoms with Gasteiger partial charge in [0.05, 0.1) is 23.4 Å². The highest BCUT2D eigenvalue weighted by Crippen LogP contribution is 2.34. The molecule has 0 saturated heterocycles. The van der Waals surface area contributed by atoms with Gasteiger partial charge in [0.15, 0.2) is 17.3 Å². The molecule has 2 aromatic heterocycles. The summed E-state index contributed by atoms with van der Waals surface area (Å²) in [5.74, 6) is -6.02. The van der Waals surface area contributed by atoms with Gasteiger partial charge in [0.25, 0.3) is 5.91 Å². The van der Waals surface area contributed by atoms with Gasteiger partial charge in [0, 0.05) is 36.4 Å². The first-order valence-electron chi connectivity index (χ1n) is 12.4. The maximum Gasteiger partial charge on any atom is 0.435 e. The summed E-state index contributed by atoms with van der Waals surface area (Å²) in [6, 6.07) is 9.49. The van der Waals surface area contributed by atoms with Crippen molar-refractivity contribution >= 4 is 17.5 Å². The van der Waals surface area contributed by atoms with Crippen LogP contribution in [0.25, 0.3) is 11.1 Å². The molecule has 0 aliphatic heterocycles. The summed E-state index contributed by atoms with van der Waals surface area (Å²) in [5, 5.41) is 3.39. The molecule has 0 fully saturated rings. The Bertz CT molecular complexity index is 1660. The molecule has 0 aliphatic carbocycles. The van der Waals surface area contributed by atoms with Gasteiger partial charge in [0.1, 0.15) is 17.5 Å². The molecular weight excluding hydrogens is 566 g/mol. The highest BCUT2D eigenvalue weighted by Gasteiger charge is 2.38. The molecule has 4 rings (SSSR count). The number of alkyl halides is 3. The number of hydrogen-bond acceptors (Lipinski definition) is 5. The molecule has 2 aromatic carbocycles. The first kappa shape index (κ1) is 30.2. The van der Waals surface area contributed by atoms with Gasteiger partial charge in [0.2, 0.25) is 0 Å². The fourth-order valence-corrected chi connectivity index (χ4v) is 4.64. The lowest BCUT2D eigenvalue weighted by Crippen LogP contribution is -2.18. The topological polar surface area (TPSA) is 108 Å². The number of ketones is 2. The number of Topliss-reactive ketones (excluding diaryl/α,β-unsaturated/α-hetero) is 2. The molecule has 1 atom stereocenters. The smallest absolute Gasteiger partial charge is 0.366 e. The van der Waals surface area contributed by atoms with Crippen LogP contribution in [-0.4, -0.2) is 32.2 Å². The van der Waals surface area contributed by atoms with E-state index in [4.69, 9.17) is 5.73 Å². The van der Waals surface area contributed by atoms with Gasteiger partial charge >= 0.3 is 6.18 Å². The Labute approximate surface area is 235 Å². The number of rotatable bonds is 10. The number of benzene rings is 2. The van der Waals surface area contributed by atoms with Crippen molar-refractivity contribution in [3.8, 4) is 11.1 Å². The van der Waals surface area contributed by atoms with E-state index in [1.165, 1.54) is 18.3 Å². The minimum atomic E-state index is -4.93. The number of hydrogen-bond donors (Lipinski definition) is 1. The van der Waals surface area contributed by atoms with E-state index in [-0.39, 0.29) is 24.1 Å². The van der Waals surface area contributed by atoms with Gasteiger partial charge in [-0.2, -0.15) is 18.3 Å². The second kappa shape index (κ2) is 12.0. The summed E-state index contributed by atoms with van der Waals surface area (Å²) in [5.41, 5.74) is 3.81. The zero-order valence-corrected chi connectivity index (χ0v) is 21.9. The highest BCUT2D eigenvalue weighted by molar-refractivity contribution is 5.95. The normalized spacial score (nSPS) is 12.3. The predicted molar refractivity (Wildman–Crippen MR) is 138 cm³/mol. The molecule has 13 heteroatoms.